The van der Waals surface area contributed by atoms with Crippen LogP contribution in [0.15, 0.2) is 12.3 Å². The summed E-state index contributed by atoms with van der Waals surface area (Å²) in [6.45, 7) is 7.28. The first-order valence-electron chi connectivity index (χ1n) is 7.27. The van der Waals surface area contributed by atoms with E-state index in [0.717, 1.165) is 31.6 Å². The van der Waals surface area contributed by atoms with Crippen molar-refractivity contribution in [3.05, 3.63) is 18.0 Å². The SMILES string of the molecule is CCC1OCCC1C(Cc1ccn(C(C)C)n1)NN. The number of ether oxygens (including phenoxy) is 1. The molecule has 108 valence electrons. The van der Waals surface area contributed by atoms with Crippen molar-refractivity contribution in [2.75, 3.05) is 6.61 Å². The van der Waals surface area contributed by atoms with Gasteiger partial charge in [0.25, 0.3) is 0 Å². The van der Waals surface area contributed by atoms with Crippen LogP contribution in [0.3, 0.4) is 0 Å². The zero-order valence-electron chi connectivity index (χ0n) is 12.2. The van der Waals surface area contributed by atoms with Crippen LogP contribution in [0.1, 0.15) is 45.3 Å². The van der Waals surface area contributed by atoms with E-state index in [1.807, 2.05) is 10.9 Å². The summed E-state index contributed by atoms with van der Waals surface area (Å²) in [5, 5.41) is 4.60. The van der Waals surface area contributed by atoms with Gasteiger partial charge < -0.3 is 4.74 Å². The van der Waals surface area contributed by atoms with Gasteiger partial charge in [0.2, 0.25) is 0 Å². The van der Waals surface area contributed by atoms with Crippen LogP contribution in [0.25, 0.3) is 0 Å². The highest BCUT2D eigenvalue weighted by Crippen LogP contribution is 2.27. The lowest BCUT2D eigenvalue weighted by atomic mass is 9.89. The zero-order chi connectivity index (χ0) is 13.8. The van der Waals surface area contributed by atoms with Crippen LogP contribution in [0, 0.1) is 5.92 Å². The number of hydrogen-bond acceptors (Lipinski definition) is 4. The molecule has 5 nitrogen and oxygen atoms in total. The maximum absolute atomic E-state index is 5.76. The van der Waals surface area contributed by atoms with Gasteiger partial charge in [-0.25, -0.2) is 0 Å². The van der Waals surface area contributed by atoms with Crippen LogP contribution in [-0.4, -0.2) is 28.5 Å². The Bertz CT molecular complexity index is 391. The quantitative estimate of drug-likeness (QED) is 0.607. The second-order valence-corrected chi connectivity index (χ2v) is 5.63. The standard InChI is InChI=1S/C14H26N4O/c1-4-14-12(6-8-19-14)13(16-15)9-11-5-7-18(17-11)10(2)3/h5,7,10,12-14,16H,4,6,8-9,15H2,1-3H3. The molecule has 3 atom stereocenters. The van der Waals surface area contributed by atoms with E-state index in [4.69, 9.17) is 10.6 Å². The van der Waals surface area contributed by atoms with Gasteiger partial charge in [0.15, 0.2) is 0 Å². The van der Waals surface area contributed by atoms with E-state index < -0.39 is 0 Å². The average molecular weight is 266 g/mol. The van der Waals surface area contributed by atoms with Crippen molar-refractivity contribution >= 4 is 0 Å². The molecule has 1 saturated heterocycles. The first kappa shape index (κ1) is 14.5. The molecule has 2 rings (SSSR count). The van der Waals surface area contributed by atoms with Crippen LogP contribution in [0.5, 0.6) is 0 Å². The molecule has 1 aromatic heterocycles. The van der Waals surface area contributed by atoms with E-state index in [0.29, 0.717) is 18.1 Å². The van der Waals surface area contributed by atoms with Gasteiger partial charge in [-0.05, 0) is 32.8 Å². The molecule has 0 aliphatic carbocycles. The van der Waals surface area contributed by atoms with Crippen LogP contribution in [0.4, 0.5) is 0 Å². The molecule has 1 aromatic rings. The van der Waals surface area contributed by atoms with Crippen molar-refractivity contribution in [2.24, 2.45) is 11.8 Å². The molecule has 1 aliphatic rings. The maximum Gasteiger partial charge on any atom is 0.0640 e. The molecule has 3 unspecified atom stereocenters. The Morgan fingerprint density at radius 3 is 2.95 bits per heavy atom. The van der Waals surface area contributed by atoms with Gasteiger partial charge in [0.1, 0.15) is 0 Å². The summed E-state index contributed by atoms with van der Waals surface area (Å²) in [6, 6.07) is 2.72. The predicted octanol–water partition coefficient (Wildman–Crippen LogP) is 1.65. The van der Waals surface area contributed by atoms with Crippen molar-refractivity contribution in [3.8, 4) is 0 Å². The lowest BCUT2D eigenvalue weighted by Crippen LogP contribution is -2.45. The molecule has 0 aromatic carbocycles. The van der Waals surface area contributed by atoms with Gasteiger partial charge >= 0.3 is 0 Å². The molecule has 0 saturated carbocycles. The second kappa shape index (κ2) is 6.50. The number of nitrogens with one attached hydrogen (secondary N) is 1. The van der Waals surface area contributed by atoms with Crippen molar-refractivity contribution in [1.29, 1.82) is 0 Å². The van der Waals surface area contributed by atoms with Gasteiger partial charge in [-0.1, -0.05) is 6.92 Å². The normalized spacial score (nSPS) is 25.1. The van der Waals surface area contributed by atoms with Crippen LogP contribution in [0.2, 0.25) is 0 Å². The first-order chi connectivity index (χ1) is 9.15. The third-order valence-corrected chi connectivity index (χ3v) is 4.02. The summed E-state index contributed by atoms with van der Waals surface area (Å²) in [6.07, 6.45) is 5.35. The molecule has 0 bridgehead atoms. The molecular formula is C14H26N4O. The molecule has 1 fully saturated rings. The van der Waals surface area contributed by atoms with E-state index in [2.05, 4.69) is 37.4 Å². The number of hydrogen-bond donors (Lipinski definition) is 2. The van der Waals surface area contributed by atoms with Gasteiger partial charge in [0.05, 0.1) is 11.8 Å². The van der Waals surface area contributed by atoms with Gasteiger partial charge in [-0.3, -0.25) is 16.0 Å². The number of nitrogens with two attached hydrogens (primary N) is 1. The number of hydrazine groups is 1. The zero-order valence-corrected chi connectivity index (χ0v) is 12.2. The summed E-state index contributed by atoms with van der Waals surface area (Å²) in [7, 11) is 0. The Morgan fingerprint density at radius 1 is 1.58 bits per heavy atom. The molecule has 3 N–H and O–H groups in total. The Morgan fingerprint density at radius 2 is 2.37 bits per heavy atom. The topological polar surface area (TPSA) is 65.1 Å². The summed E-state index contributed by atoms with van der Waals surface area (Å²) >= 11 is 0. The Labute approximate surface area is 115 Å². The fourth-order valence-corrected chi connectivity index (χ4v) is 2.88. The van der Waals surface area contributed by atoms with Crippen LogP contribution >= 0.6 is 0 Å². The molecule has 5 heteroatoms. The third-order valence-electron chi connectivity index (χ3n) is 4.02. The first-order valence-corrected chi connectivity index (χ1v) is 7.27. The van der Waals surface area contributed by atoms with Gasteiger partial charge in [-0.15, -0.1) is 0 Å². The highest BCUT2D eigenvalue weighted by atomic mass is 16.5. The summed E-state index contributed by atoms with van der Waals surface area (Å²) < 4.78 is 7.75. The fraction of sp³-hybridized carbons (Fsp3) is 0.786. The van der Waals surface area contributed by atoms with Crippen molar-refractivity contribution in [1.82, 2.24) is 15.2 Å². The van der Waals surface area contributed by atoms with E-state index in [1.54, 1.807) is 0 Å². The minimum absolute atomic E-state index is 0.239. The van der Waals surface area contributed by atoms with Crippen LogP contribution in [-0.2, 0) is 11.2 Å². The molecule has 0 amide bonds. The van der Waals surface area contributed by atoms with Crippen LogP contribution < -0.4 is 11.3 Å². The van der Waals surface area contributed by atoms with Gasteiger partial charge in [0, 0.05) is 37.2 Å². The Kier molecular flexibility index (Phi) is 4.96. The average Bonchev–Trinajstić information content (AvgIpc) is 3.04. The van der Waals surface area contributed by atoms with E-state index in [9.17, 15) is 0 Å². The van der Waals surface area contributed by atoms with Gasteiger partial charge in [-0.2, -0.15) is 5.10 Å². The number of rotatable bonds is 6. The Balaban J connectivity index is 2.01. The summed E-state index contributed by atoms with van der Waals surface area (Å²) in [5.74, 6) is 6.23. The van der Waals surface area contributed by atoms with E-state index in [-0.39, 0.29) is 6.04 Å². The number of aromatic nitrogens is 2. The van der Waals surface area contributed by atoms with Crippen molar-refractivity contribution in [3.63, 3.8) is 0 Å². The van der Waals surface area contributed by atoms with E-state index >= 15 is 0 Å². The minimum atomic E-state index is 0.239. The molecule has 2 heterocycles. The summed E-state index contributed by atoms with van der Waals surface area (Å²) in [5.41, 5.74) is 4.06. The smallest absolute Gasteiger partial charge is 0.0640 e. The van der Waals surface area contributed by atoms with Crippen molar-refractivity contribution < 1.29 is 4.74 Å². The predicted molar refractivity (Wildman–Crippen MR) is 75.6 cm³/mol. The highest BCUT2D eigenvalue weighted by Gasteiger charge is 2.33. The number of nitrogens with zero attached hydrogens (tertiary/aromatic N) is 2. The summed E-state index contributed by atoms with van der Waals surface area (Å²) in [4.78, 5) is 0. The molecule has 0 spiro atoms. The minimum Gasteiger partial charge on any atom is -0.378 e. The third kappa shape index (κ3) is 3.35. The lowest BCUT2D eigenvalue weighted by molar-refractivity contribution is 0.0773. The highest BCUT2D eigenvalue weighted by molar-refractivity contribution is 5.04. The molecule has 19 heavy (non-hydrogen) atoms. The van der Waals surface area contributed by atoms with Crippen molar-refractivity contribution in [2.45, 2.75) is 58.2 Å². The maximum atomic E-state index is 5.76. The largest absolute Gasteiger partial charge is 0.378 e. The Hall–Kier alpha value is -0.910. The monoisotopic (exact) mass is 266 g/mol. The van der Waals surface area contributed by atoms with E-state index in [1.165, 1.54) is 0 Å². The lowest BCUT2D eigenvalue weighted by Gasteiger charge is -2.25. The molecule has 0 radical (unpaired) electrons. The molecular weight excluding hydrogens is 240 g/mol. The second-order valence-electron chi connectivity index (χ2n) is 5.63. The fourth-order valence-electron chi connectivity index (χ4n) is 2.88. The molecule has 1 aliphatic heterocycles.